The number of Topliss-reactive ketones (excluding diaryl/α,β-unsaturated/α-hetero) is 1. The lowest BCUT2D eigenvalue weighted by Gasteiger charge is -2.41. The fraction of sp³-hybridized carbons (Fsp3) is 0.558. The number of aliphatic hydroxyl groups is 1. The van der Waals surface area contributed by atoms with Crippen LogP contribution in [-0.4, -0.2) is 217 Å². The number of nitrogens with one attached hydrogen (secondary N) is 4. The number of nitrogens with zero attached hydrogens (tertiary/aromatic N) is 5. The number of aromatic nitrogens is 1. The van der Waals surface area contributed by atoms with Gasteiger partial charge in [-0.3, -0.25) is 33.8 Å². The van der Waals surface area contributed by atoms with Crippen molar-refractivity contribution >= 4 is 79.1 Å². The number of aliphatic hydroxyl groups excluding tert-OH is 1. The monoisotopic (exact) mass is 1520 g/mol. The first kappa shape index (κ1) is 82.2. The van der Waals surface area contributed by atoms with Gasteiger partial charge in [0.2, 0.25) is 17.7 Å². The van der Waals surface area contributed by atoms with Gasteiger partial charge in [0.05, 0.1) is 91.7 Å². The Balaban J connectivity index is 0.649. The average Bonchev–Trinajstić information content (AvgIpc) is 1.80. The Labute approximate surface area is 624 Å². The normalized spacial score (nSPS) is 19.5. The molecule has 6 atom stereocenters. The van der Waals surface area contributed by atoms with E-state index in [1.165, 1.54) is 28.2 Å². The first-order valence-corrected chi connectivity index (χ1v) is 39.1. The molecular weight excluding hydrogens is 1420 g/mol. The molecule has 28 heteroatoms. The number of thiazole rings is 1. The van der Waals surface area contributed by atoms with Crippen molar-refractivity contribution in [3.63, 3.8) is 0 Å². The van der Waals surface area contributed by atoms with E-state index in [2.05, 4.69) is 60.0 Å². The lowest BCUT2D eigenvalue weighted by Crippen LogP contribution is -2.58. The Morgan fingerprint density at radius 1 is 0.819 bits per heavy atom. The summed E-state index contributed by atoms with van der Waals surface area (Å²) in [6.45, 7) is 21.3. The molecule has 5 aromatic rings. The molecule has 22 nitrogen and oxygen atoms in total. The van der Waals surface area contributed by atoms with E-state index < -0.39 is 67.5 Å². The van der Waals surface area contributed by atoms with Crippen LogP contribution < -0.4 is 26.2 Å². The summed E-state index contributed by atoms with van der Waals surface area (Å²) < 4.78 is 96.0. The van der Waals surface area contributed by atoms with E-state index in [-0.39, 0.29) is 107 Å². The van der Waals surface area contributed by atoms with Crippen molar-refractivity contribution in [3.8, 4) is 10.4 Å². The third-order valence-electron chi connectivity index (χ3n) is 20.0. The smallest absolute Gasteiger partial charge is 0.391 e. The van der Waals surface area contributed by atoms with Crippen molar-refractivity contribution in [1.82, 2.24) is 35.6 Å². The van der Waals surface area contributed by atoms with Gasteiger partial charge in [-0.05, 0) is 140 Å². The molecule has 5 N–H and O–H groups in total. The number of likely N-dealkylation sites (tertiary alicyclic amines) is 1. The van der Waals surface area contributed by atoms with Gasteiger partial charge in [-0.2, -0.15) is 13.2 Å². The number of piperazine rings is 1. The summed E-state index contributed by atoms with van der Waals surface area (Å²) in [5.41, 5.74) is 3.39. The maximum Gasteiger partial charge on any atom is 0.501 e. The third-order valence-corrected chi connectivity index (χ3v) is 22.8. The van der Waals surface area contributed by atoms with Gasteiger partial charge >= 0.3 is 5.51 Å². The molecule has 1 aliphatic carbocycles. The number of allylic oxidation sites excluding steroid dienone is 1. The van der Waals surface area contributed by atoms with Crippen molar-refractivity contribution < 1.29 is 74.4 Å². The van der Waals surface area contributed by atoms with E-state index in [9.17, 15) is 50.7 Å². The van der Waals surface area contributed by atoms with Gasteiger partial charge < -0.3 is 59.9 Å². The van der Waals surface area contributed by atoms with E-state index in [1.54, 1.807) is 29.0 Å². The van der Waals surface area contributed by atoms with Crippen molar-refractivity contribution in [2.24, 2.45) is 10.8 Å². The van der Waals surface area contributed by atoms with Crippen LogP contribution in [0.15, 0.2) is 107 Å². The standard InChI is InChI=1S/C77H103ClF3N9O13S2/c1-8-61(25-28-87-33-35-99-36-34-87)85-66-22-9-54(43-68(66)105(97,98)77(79,80)81)46-82-72(94)58-16-20-62(21-17-58)89-31-29-88(30-32-89)47-59-45-76(7,27-24-65(59)56-14-18-60(78)19-15-56)26-23-63(91)49-102-41-39-100-37-38-101-40-42-103-50-69(93)86-71(75(4,5)6)74(96)90-48-64(92)44-67(90)73(95)84-52(2)55-10-12-57(13-11-55)70-53(3)83-51-104-70/h9-22,43,51-52,61,64,67,71,85,92H,8,23-42,44-50H2,1-7H3,(H,82,94)(H,84,95)(H,86,93)/t52-,61-,64+,67-,71+,76?/m0/s1. The number of amides is 4. The number of hydrogen-bond donors (Lipinski definition) is 5. The second-order valence-corrected chi connectivity index (χ2v) is 32.3. The van der Waals surface area contributed by atoms with E-state index in [1.807, 2.05) is 90.1 Å². The van der Waals surface area contributed by atoms with E-state index >= 15 is 0 Å². The van der Waals surface area contributed by atoms with E-state index in [0.717, 1.165) is 104 Å². The molecule has 9 rings (SSSR count). The quantitative estimate of drug-likeness (QED) is 0.0234. The lowest BCUT2D eigenvalue weighted by atomic mass is 9.69. The lowest BCUT2D eigenvalue weighted by molar-refractivity contribution is -0.144. The number of aryl methyl sites for hydroxylation is 1. The fourth-order valence-corrected chi connectivity index (χ4v) is 15.7. The van der Waals surface area contributed by atoms with Crippen LogP contribution in [0.4, 0.5) is 24.5 Å². The molecule has 4 aliphatic rings. The molecule has 574 valence electrons. The number of β-amino-alcohol motifs (C(OH)–C–C–N with tert-alkyl or cyclic N) is 1. The Morgan fingerprint density at radius 2 is 1.47 bits per heavy atom. The molecule has 0 saturated carbocycles. The number of hydrogen-bond acceptors (Lipinski definition) is 19. The molecule has 1 aromatic heterocycles. The number of carbonyl (C=O) groups excluding carboxylic acids is 5. The molecule has 3 saturated heterocycles. The second kappa shape index (κ2) is 38.3. The number of rotatable bonds is 36. The van der Waals surface area contributed by atoms with Gasteiger partial charge in [-0.25, -0.2) is 13.4 Å². The van der Waals surface area contributed by atoms with Crippen LogP contribution >= 0.6 is 22.9 Å². The number of halogens is 4. The number of anilines is 2. The van der Waals surface area contributed by atoms with Crippen LogP contribution in [0, 0.1) is 17.8 Å². The Kier molecular flexibility index (Phi) is 29.9. The van der Waals surface area contributed by atoms with Crippen LogP contribution in [0.25, 0.3) is 16.0 Å². The zero-order chi connectivity index (χ0) is 75.5. The molecule has 4 aromatic carbocycles. The van der Waals surface area contributed by atoms with Gasteiger partial charge in [-0.1, -0.05) is 94.3 Å². The first-order valence-electron chi connectivity index (χ1n) is 36.3. The summed E-state index contributed by atoms with van der Waals surface area (Å²) in [6, 6.07) is 24.2. The van der Waals surface area contributed by atoms with E-state index in [0.29, 0.717) is 56.0 Å². The molecule has 3 aliphatic heterocycles. The zero-order valence-corrected chi connectivity index (χ0v) is 63.7. The van der Waals surface area contributed by atoms with Crippen LogP contribution in [-0.2, 0) is 59.2 Å². The Morgan fingerprint density at radius 3 is 2.10 bits per heavy atom. The predicted octanol–water partition coefficient (Wildman–Crippen LogP) is 10.5. The summed E-state index contributed by atoms with van der Waals surface area (Å²) in [6.07, 6.45) is 3.99. The van der Waals surface area contributed by atoms with E-state index in [4.69, 9.17) is 35.3 Å². The number of carbonyl (C=O) groups is 5. The molecule has 0 spiro atoms. The largest absolute Gasteiger partial charge is 0.501 e. The number of ether oxygens (including phenoxy) is 5. The minimum atomic E-state index is -5.73. The molecule has 0 bridgehead atoms. The summed E-state index contributed by atoms with van der Waals surface area (Å²) in [4.78, 5) is 80.5. The van der Waals surface area contributed by atoms with Gasteiger partial charge in [0.25, 0.3) is 15.7 Å². The molecular formula is C77H103ClF3N9O13S2. The highest BCUT2D eigenvalue weighted by Gasteiger charge is 2.49. The van der Waals surface area contributed by atoms with Crippen LogP contribution in [0.2, 0.25) is 5.02 Å². The van der Waals surface area contributed by atoms with Crippen LogP contribution in [0.5, 0.6) is 0 Å². The summed E-state index contributed by atoms with van der Waals surface area (Å²) >= 11 is 7.90. The zero-order valence-electron chi connectivity index (χ0n) is 61.3. The number of sulfone groups is 1. The molecule has 3 fully saturated rings. The van der Waals surface area contributed by atoms with Crippen molar-refractivity contribution in [2.75, 3.05) is 135 Å². The molecule has 0 radical (unpaired) electrons. The fourth-order valence-electron chi connectivity index (χ4n) is 13.8. The van der Waals surface area contributed by atoms with Gasteiger partial charge in [0, 0.05) is 101 Å². The molecule has 4 heterocycles. The Hall–Kier alpha value is -6.89. The molecule has 1 unspecified atom stereocenters. The molecule has 4 amide bonds. The minimum Gasteiger partial charge on any atom is -0.391 e. The predicted molar refractivity (Wildman–Crippen MR) is 400 cm³/mol. The second-order valence-electron chi connectivity index (χ2n) is 29.1. The SMILES string of the molecule is CC[C@@H](CCN1CCOCC1)Nc1ccc(CNC(=O)c2ccc(N3CCN(CC4=C(c5ccc(Cl)cc5)CCC(C)(CCC(=O)COCCOCCOCCOCC(=O)N[C@H](C(=O)N5C[C@H](O)C[C@H]5C(=O)N[C@@H](C)c5ccc(-c6scnc6C)cc5)C(C)(C)C)C4)CC3)cc2)cc1S(=O)(=O)C(F)(F)F. The van der Waals surface area contributed by atoms with Gasteiger partial charge in [0.15, 0.2) is 5.78 Å². The van der Waals surface area contributed by atoms with Gasteiger partial charge in [-0.15, -0.1) is 11.3 Å². The minimum absolute atomic E-state index is 0.0190. The third kappa shape index (κ3) is 23.6. The van der Waals surface area contributed by atoms with Crippen molar-refractivity contribution in [2.45, 2.75) is 147 Å². The summed E-state index contributed by atoms with van der Waals surface area (Å²) in [5, 5.41) is 23.0. The highest BCUT2D eigenvalue weighted by molar-refractivity contribution is 7.92. The molecule has 105 heavy (non-hydrogen) atoms. The summed E-state index contributed by atoms with van der Waals surface area (Å²) in [7, 11) is -5.73. The highest BCUT2D eigenvalue weighted by atomic mass is 35.5. The maximum atomic E-state index is 14.1. The highest BCUT2D eigenvalue weighted by Crippen LogP contribution is 2.46. The number of benzene rings is 4. The number of morpholine rings is 1. The average molecular weight is 1520 g/mol. The first-order chi connectivity index (χ1) is 50.1. The van der Waals surface area contributed by atoms with Crippen LogP contribution in [0.3, 0.4) is 0 Å². The van der Waals surface area contributed by atoms with Crippen molar-refractivity contribution in [3.05, 3.63) is 135 Å². The van der Waals surface area contributed by atoms with Gasteiger partial charge in [0.1, 0.15) is 25.3 Å². The topological polar surface area (TPSA) is 260 Å². The van der Waals surface area contributed by atoms with Crippen molar-refractivity contribution in [1.29, 1.82) is 0 Å². The summed E-state index contributed by atoms with van der Waals surface area (Å²) in [5.74, 6) is -1.83. The van der Waals surface area contributed by atoms with Crippen LogP contribution in [0.1, 0.15) is 132 Å². The Bertz CT molecular complexity index is 3850. The maximum absolute atomic E-state index is 14.1. The number of ketones is 1. The number of alkyl halides is 3.